The first-order valence-corrected chi connectivity index (χ1v) is 9.92. The van der Waals surface area contributed by atoms with Crippen LogP contribution < -0.4 is 4.90 Å². The molecule has 0 aliphatic carbocycles. The molecule has 0 N–H and O–H groups in total. The van der Waals surface area contributed by atoms with Gasteiger partial charge < -0.3 is 9.64 Å². The van der Waals surface area contributed by atoms with Crippen molar-refractivity contribution < 1.29 is 22.7 Å². The Morgan fingerprint density at radius 1 is 1.17 bits per heavy atom. The Balaban J connectivity index is 1.76. The predicted octanol–water partition coefficient (Wildman–Crippen LogP) is 4.65. The molecule has 1 amide bonds. The van der Waals surface area contributed by atoms with Gasteiger partial charge in [-0.3, -0.25) is 0 Å². The maximum absolute atomic E-state index is 15.8. The summed E-state index contributed by atoms with van der Waals surface area (Å²) in [4.78, 5) is 26.0. The normalized spacial score (nSPS) is 26.4. The molecule has 162 valence electrons. The second-order valence-electron chi connectivity index (χ2n) is 8.45. The van der Waals surface area contributed by atoms with Crippen LogP contribution in [0, 0.1) is 5.82 Å². The van der Waals surface area contributed by atoms with Crippen LogP contribution in [0.25, 0.3) is 10.9 Å². The van der Waals surface area contributed by atoms with Crippen LogP contribution >= 0.6 is 23.2 Å². The number of anilines is 1. The molecule has 2 fully saturated rings. The lowest BCUT2D eigenvalue weighted by molar-refractivity contribution is -0.115. The summed E-state index contributed by atoms with van der Waals surface area (Å²) in [6, 6.07) is 0. The molecule has 2 aromatic heterocycles. The zero-order chi connectivity index (χ0) is 22.1. The molecule has 0 unspecified atom stereocenters. The second-order valence-corrected chi connectivity index (χ2v) is 9.15. The molecule has 2 aliphatic rings. The second kappa shape index (κ2) is 6.71. The quantitative estimate of drug-likeness (QED) is 0.348. The maximum atomic E-state index is 15.8. The van der Waals surface area contributed by atoms with Crippen LogP contribution in [-0.4, -0.2) is 56.2 Å². The van der Waals surface area contributed by atoms with E-state index < -0.39 is 47.3 Å². The first-order valence-electron chi connectivity index (χ1n) is 9.16. The van der Waals surface area contributed by atoms with Gasteiger partial charge >= 0.3 is 6.09 Å². The molecule has 12 heteroatoms. The highest BCUT2D eigenvalue weighted by molar-refractivity contribution is 6.30. The van der Waals surface area contributed by atoms with E-state index in [1.807, 2.05) is 0 Å². The number of amides is 1. The van der Waals surface area contributed by atoms with Gasteiger partial charge in [0.15, 0.2) is 11.0 Å². The van der Waals surface area contributed by atoms with Crippen LogP contribution in [0.4, 0.5) is 23.8 Å². The fourth-order valence-electron chi connectivity index (χ4n) is 3.92. The average molecular weight is 464 g/mol. The predicted molar refractivity (Wildman–Crippen MR) is 105 cm³/mol. The molecule has 4 heterocycles. The van der Waals surface area contributed by atoms with Gasteiger partial charge in [-0.2, -0.15) is 4.98 Å². The number of carbonyl (C=O) groups excluding carboxylic acids is 1. The van der Waals surface area contributed by atoms with E-state index in [1.54, 1.807) is 20.8 Å². The Morgan fingerprint density at radius 3 is 2.33 bits per heavy atom. The molecule has 0 saturated carbocycles. The van der Waals surface area contributed by atoms with E-state index in [0.29, 0.717) is 4.90 Å². The molecule has 0 aromatic carbocycles. The molecule has 0 spiro atoms. The van der Waals surface area contributed by atoms with Gasteiger partial charge in [0.05, 0.1) is 18.5 Å². The third-order valence-electron chi connectivity index (χ3n) is 5.03. The average Bonchev–Trinajstić information content (AvgIpc) is 2.78. The van der Waals surface area contributed by atoms with Gasteiger partial charge in [0.1, 0.15) is 16.9 Å². The summed E-state index contributed by atoms with van der Waals surface area (Å²) >= 11 is 11.6. The molecule has 2 aliphatic heterocycles. The Morgan fingerprint density at radius 2 is 1.77 bits per heavy atom. The molecule has 2 atom stereocenters. The van der Waals surface area contributed by atoms with Gasteiger partial charge in [-0.05, 0) is 32.4 Å². The number of fused-ring (bicyclic) bond motifs is 3. The number of hydrogen-bond acceptors (Lipinski definition) is 6. The number of hydrogen-bond donors (Lipinski definition) is 0. The number of nitrogens with zero attached hydrogens (tertiary/aromatic N) is 5. The summed E-state index contributed by atoms with van der Waals surface area (Å²) in [5.74, 6) is -5.61. The molecule has 2 bridgehead atoms. The SMILES string of the molecule is CC(C)(C)OC(=O)N1[C@@]2(F)CC[C@]1(F)CN(c1nc(Cl)nc3c(F)c(Cl)ncc13)C2. The Kier molecular flexibility index (Phi) is 4.74. The molecule has 30 heavy (non-hydrogen) atoms. The largest absolute Gasteiger partial charge is 0.444 e. The van der Waals surface area contributed by atoms with Crippen molar-refractivity contribution in [1.82, 2.24) is 19.9 Å². The van der Waals surface area contributed by atoms with Gasteiger partial charge in [-0.1, -0.05) is 11.6 Å². The first-order chi connectivity index (χ1) is 13.8. The van der Waals surface area contributed by atoms with Crippen molar-refractivity contribution in [2.24, 2.45) is 0 Å². The van der Waals surface area contributed by atoms with E-state index >= 15 is 8.78 Å². The van der Waals surface area contributed by atoms with Crippen LogP contribution in [0.2, 0.25) is 10.4 Å². The molecule has 4 rings (SSSR count). The summed E-state index contributed by atoms with van der Waals surface area (Å²) in [5, 5.41) is -0.637. The fourth-order valence-corrected chi connectivity index (χ4v) is 4.23. The topological polar surface area (TPSA) is 71.5 Å². The zero-order valence-corrected chi connectivity index (χ0v) is 17.9. The van der Waals surface area contributed by atoms with Crippen molar-refractivity contribution in [2.75, 3.05) is 18.0 Å². The number of piperazine rings is 1. The summed E-state index contributed by atoms with van der Waals surface area (Å²) in [5.41, 5.74) is -1.13. The lowest BCUT2D eigenvalue weighted by Gasteiger charge is -2.47. The van der Waals surface area contributed by atoms with Gasteiger partial charge in [-0.25, -0.2) is 32.8 Å². The van der Waals surface area contributed by atoms with E-state index in [0.717, 1.165) is 0 Å². The van der Waals surface area contributed by atoms with Crippen molar-refractivity contribution in [3.05, 3.63) is 22.5 Å². The summed E-state index contributed by atoms with van der Waals surface area (Å²) in [6.07, 6.45) is -0.317. The van der Waals surface area contributed by atoms with Crippen molar-refractivity contribution in [1.29, 1.82) is 0 Å². The van der Waals surface area contributed by atoms with E-state index in [9.17, 15) is 9.18 Å². The third kappa shape index (κ3) is 3.39. The van der Waals surface area contributed by atoms with Crippen LogP contribution in [0.3, 0.4) is 0 Å². The van der Waals surface area contributed by atoms with E-state index in [1.165, 1.54) is 11.1 Å². The van der Waals surface area contributed by atoms with E-state index in [2.05, 4.69) is 15.0 Å². The molecule has 7 nitrogen and oxygen atoms in total. The van der Waals surface area contributed by atoms with Gasteiger partial charge in [-0.15, -0.1) is 0 Å². The minimum absolute atomic E-state index is 0.00264. The van der Waals surface area contributed by atoms with E-state index in [-0.39, 0.29) is 34.8 Å². The van der Waals surface area contributed by atoms with Gasteiger partial charge in [0.2, 0.25) is 16.9 Å². The van der Waals surface area contributed by atoms with Crippen LogP contribution in [0.5, 0.6) is 0 Å². The Labute approximate surface area is 180 Å². The molecule has 0 radical (unpaired) electrons. The summed E-state index contributed by atoms with van der Waals surface area (Å²) in [7, 11) is 0. The lowest BCUT2D eigenvalue weighted by atomic mass is 10.1. The van der Waals surface area contributed by atoms with Crippen LogP contribution in [0.1, 0.15) is 33.6 Å². The standard InChI is InChI=1S/C18H18Cl2F3N5O2/c1-16(2,3)30-15(29)28-17(22)4-5-18(28,23)8-27(7-17)13-9-6-24-12(19)10(21)11(9)25-14(20)26-13/h6H,4-5,7-8H2,1-3H3/t17-,18+. The molecular weight excluding hydrogens is 446 g/mol. The number of alkyl halides is 2. The van der Waals surface area contributed by atoms with Gasteiger partial charge in [0.25, 0.3) is 0 Å². The number of ether oxygens (including phenoxy) is 1. The highest BCUT2D eigenvalue weighted by atomic mass is 35.5. The monoisotopic (exact) mass is 463 g/mol. The number of halogens is 5. The van der Waals surface area contributed by atoms with Crippen molar-refractivity contribution >= 4 is 46.0 Å². The number of rotatable bonds is 1. The first kappa shape index (κ1) is 21.2. The third-order valence-corrected chi connectivity index (χ3v) is 5.46. The summed E-state index contributed by atoms with van der Waals surface area (Å²) < 4.78 is 51.2. The number of aromatic nitrogens is 3. The number of pyridine rings is 1. The maximum Gasteiger partial charge on any atom is 0.415 e. The van der Waals surface area contributed by atoms with Crippen molar-refractivity contribution in [2.45, 2.75) is 50.8 Å². The minimum Gasteiger partial charge on any atom is -0.444 e. The van der Waals surface area contributed by atoms with Crippen LogP contribution in [-0.2, 0) is 4.74 Å². The van der Waals surface area contributed by atoms with Crippen LogP contribution in [0.15, 0.2) is 6.20 Å². The highest BCUT2D eigenvalue weighted by Crippen LogP contribution is 2.49. The number of carbonyl (C=O) groups is 1. The minimum atomic E-state index is -2.35. The molecule has 2 saturated heterocycles. The fraction of sp³-hybridized carbons (Fsp3) is 0.556. The summed E-state index contributed by atoms with van der Waals surface area (Å²) in [6.45, 7) is 4.01. The van der Waals surface area contributed by atoms with E-state index in [4.69, 9.17) is 27.9 Å². The van der Waals surface area contributed by atoms with Gasteiger partial charge in [0, 0.05) is 19.0 Å². The Bertz CT molecular complexity index is 1030. The molecule has 2 aromatic rings. The zero-order valence-electron chi connectivity index (χ0n) is 16.3. The smallest absolute Gasteiger partial charge is 0.415 e. The highest BCUT2D eigenvalue weighted by Gasteiger charge is 2.64. The Hall–Kier alpha value is -2.07. The molecular formula is C18H18Cl2F3N5O2. The van der Waals surface area contributed by atoms with Crippen molar-refractivity contribution in [3.8, 4) is 0 Å². The lowest BCUT2D eigenvalue weighted by Crippen LogP contribution is -2.66. The van der Waals surface area contributed by atoms with Crippen molar-refractivity contribution in [3.63, 3.8) is 0 Å².